The Balaban J connectivity index is 3.94. The highest BCUT2D eigenvalue weighted by molar-refractivity contribution is 5.21. The molecule has 0 rings (SSSR count). The maximum atomic E-state index is 8.74. The minimum absolute atomic E-state index is 0.0408. The average Bonchev–Trinajstić information content (AvgIpc) is 1.85. The molecule has 2 heteroatoms. The molecule has 48 valence electrons. The molecule has 0 aromatic heterocycles. The number of hydrogen-bond donors (Lipinski definition) is 2. The third-order valence-electron chi connectivity index (χ3n) is 0.622. The van der Waals surface area contributed by atoms with Gasteiger partial charge in [-0.15, -0.1) is 0 Å². The highest BCUT2D eigenvalue weighted by Gasteiger charge is 1.76. The summed E-state index contributed by atoms with van der Waals surface area (Å²) in [6.07, 6.45) is 5.99. The van der Waals surface area contributed by atoms with Crippen molar-refractivity contribution in [3.05, 3.63) is 24.0 Å². The number of rotatable bonds is 1. The summed E-state index contributed by atoms with van der Waals surface area (Å²) in [5.41, 5.74) is 0. The molecule has 0 aliphatic carbocycles. The number of aliphatic hydroxyl groups is 2. The van der Waals surface area contributed by atoms with Gasteiger partial charge in [-0.3, -0.25) is 0 Å². The molecule has 0 atom stereocenters. The Morgan fingerprint density at radius 2 is 2.22 bits per heavy atom. The van der Waals surface area contributed by atoms with Gasteiger partial charge < -0.3 is 10.2 Å². The van der Waals surface area contributed by atoms with Crippen LogP contribution in [0.5, 0.6) is 0 Å². The molecule has 2 N–H and O–H groups in total. The van der Waals surface area contributed by atoms with Crippen molar-refractivity contribution in [3.8, 4) is 12.0 Å². The standard InChI is InChI=1S/C7H8O2/c1-2-4-7(9)5-3-6-8/h2,4-5,8-9H,1H3/b4-2-,7-5+. The zero-order valence-electron chi connectivity index (χ0n) is 5.13. The van der Waals surface area contributed by atoms with E-state index in [1.165, 1.54) is 12.2 Å². The molecule has 0 amide bonds. The van der Waals surface area contributed by atoms with E-state index in [4.69, 9.17) is 10.2 Å². The Kier molecular flexibility index (Phi) is 4.07. The molecule has 2 nitrogen and oxygen atoms in total. The van der Waals surface area contributed by atoms with E-state index in [9.17, 15) is 0 Å². The van der Waals surface area contributed by atoms with Crippen LogP contribution >= 0.6 is 0 Å². The Morgan fingerprint density at radius 3 is 2.67 bits per heavy atom. The van der Waals surface area contributed by atoms with E-state index in [1.807, 2.05) is 0 Å². The van der Waals surface area contributed by atoms with Gasteiger partial charge >= 0.3 is 0 Å². The van der Waals surface area contributed by atoms with Gasteiger partial charge in [0.1, 0.15) is 11.9 Å². The fraction of sp³-hybridized carbons (Fsp3) is 0.143. The van der Waals surface area contributed by atoms with Gasteiger partial charge in [0.15, 0.2) is 0 Å². The lowest BCUT2D eigenvalue weighted by Crippen LogP contribution is -1.69. The maximum absolute atomic E-state index is 8.74. The first kappa shape index (κ1) is 7.64. The predicted molar refractivity (Wildman–Crippen MR) is 35.2 cm³/mol. The van der Waals surface area contributed by atoms with E-state index in [1.54, 1.807) is 19.1 Å². The van der Waals surface area contributed by atoms with Crippen molar-refractivity contribution in [2.24, 2.45) is 0 Å². The average molecular weight is 124 g/mol. The molecule has 0 aliphatic rings. The van der Waals surface area contributed by atoms with Crippen LogP contribution in [0.15, 0.2) is 24.0 Å². The van der Waals surface area contributed by atoms with Crippen molar-refractivity contribution < 1.29 is 10.2 Å². The smallest absolute Gasteiger partial charge is 0.123 e. The summed E-state index contributed by atoms with van der Waals surface area (Å²) in [6.45, 7) is 1.77. The molecule has 0 saturated carbocycles. The van der Waals surface area contributed by atoms with Crippen LogP contribution in [0.25, 0.3) is 0 Å². The second-order valence-corrected chi connectivity index (χ2v) is 1.33. The van der Waals surface area contributed by atoms with Crippen LogP contribution in [0.2, 0.25) is 0 Å². The number of allylic oxidation sites excluding steroid dienone is 3. The zero-order chi connectivity index (χ0) is 7.11. The highest BCUT2D eigenvalue weighted by atomic mass is 16.3. The molecule has 0 aliphatic heterocycles. The van der Waals surface area contributed by atoms with Crippen molar-refractivity contribution >= 4 is 0 Å². The maximum Gasteiger partial charge on any atom is 0.123 e. The van der Waals surface area contributed by atoms with Gasteiger partial charge in [-0.25, -0.2) is 0 Å². The van der Waals surface area contributed by atoms with Gasteiger partial charge in [0.25, 0.3) is 0 Å². The van der Waals surface area contributed by atoms with Gasteiger partial charge in [-0.2, -0.15) is 0 Å². The summed E-state index contributed by atoms with van der Waals surface area (Å²) in [5, 5.41) is 16.7. The van der Waals surface area contributed by atoms with Crippen LogP contribution in [-0.4, -0.2) is 10.2 Å². The monoisotopic (exact) mass is 124 g/mol. The van der Waals surface area contributed by atoms with E-state index < -0.39 is 0 Å². The molecule has 0 radical (unpaired) electrons. The Hall–Kier alpha value is -1.36. The molecule has 0 aromatic rings. The van der Waals surface area contributed by atoms with Gasteiger partial charge in [-0.1, -0.05) is 6.08 Å². The SMILES string of the molecule is C/C=C\C(O)=C/C#CO. The van der Waals surface area contributed by atoms with Crippen LogP contribution < -0.4 is 0 Å². The third kappa shape index (κ3) is 4.49. The van der Waals surface area contributed by atoms with E-state index >= 15 is 0 Å². The van der Waals surface area contributed by atoms with E-state index in [-0.39, 0.29) is 5.76 Å². The second-order valence-electron chi connectivity index (χ2n) is 1.33. The predicted octanol–water partition coefficient (Wildman–Crippen LogP) is 1.34. The van der Waals surface area contributed by atoms with Crippen molar-refractivity contribution in [1.82, 2.24) is 0 Å². The Labute approximate surface area is 54.1 Å². The molecule has 0 heterocycles. The molecule has 0 aromatic carbocycles. The molecular formula is C7H8O2. The van der Waals surface area contributed by atoms with Gasteiger partial charge in [-0.05, 0) is 18.9 Å². The third-order valence-corrected chi connectivity index (χ3v) is 0.622. The highest BCUT2D eigenvalue weighted by Crippen LogP contribution is 1.87. The van der Waals surface area contributed by atoms with E-state index in [0.29, 0.717) is 0 Å². The normalized spacial score (nSPS) is 11.0. The molecule has 0 saturated heterocycles. The zero-order valence-corrected chi connectivity index (χ0v) is 5.13. The molecule has 9 heavy (non-hydrogen) atoms. The summed E-state index contributed by atoms with van der Waals surface area (Å²) in [4.78, 5) is 0. The van der Waals surface area contributed by atoms with E-state index in [0.717, 1.165) is 0 Å². The Morgan fingerprint density at radius 1 is 1.56 bits per heavy atom. The van der Waals surface area contributed by atoms with Crippen molar-refractivity contribution in [2.75, 3.05) is 0 Å². The first-order valence-electron chi connectivity index (χ1n) is 2.47. The first-order chi connectivity index (χ1) is 4.31. The Bertz CT molecular complexity index is 179. The minimum atomic E-state index is 0.0408. The largest absolute Gasteiger partial charge is 0.507 e. The molecule has 0 bridgehead atoms. The van der Waals surface area contributed by atoms with Crippen LogP contribution in [0, 0.1) is 12.0 Å². The van der Waals surface area contributed by atoms with Crippen LogP contribution in [0.4, 0.5) is 0 Å². The summed E-state index contributed by atoms with van der Waals surface area (Å²) in [5.74, 6) is 2.22. The fourth-order valence-corrected chi connectivity index (χ4v) is 0.325. The summed E-state index contributed by atoms with van der Waals surface area (Å²) >= 11 is 0. The van der Waals surface area contributed by atoms with Crippen molar-refractivity contribution in [1.29, 1.82) is 0 Å². The lowest BCUT2D eigenvalue weighted by Gasteiger charge is -1.81. The fourth-order valence-electron chi connectivity index (χ4n) is 0.325. The lowest BCUT2D eigenvalue weighted by atomic mass is 10.4. The van der Waals surface area contributed by atoms with Crippen LogP contribution in [0.3, 0.4) is 0 Å². The number of aliphatic hydroxyl groups excluding tert-OH is 2. The summed E-state index contributed by atoms with van der Waals surface area (Å²) < 4.78 is 0. The molecule has 0 fully saturated rings. The van der Waals surface area contributed by atoms with Crippen molar-refractivity contribution in [2.45, 2.75) is 6.92 Å². The second kappa shape index (κ2) is 4.79. The summed E-state index contributed by atoms with van der Waals surface area (Å²) in [7, 11) is 0. The first-order valence-corrected chi connectivity index (χ1v) is 2.47. The minimum Gasteiger partial charge on any atom is -0.507 e. The topological polar surface area (TPSA) is 40.5 Å². The van der Waals surface area contributed by atoms with Crippen LogP contribution in [-0.2, 0) is 0 Å². The van der Waals surface area contributed by atoms with Crippen molar-refractivity contribution in [3.63, 3.8) is 0 Å². The van der Waals surface area contributed by atoms with Crippen LogP contribution in [0.1, 0.15) is 6.92 Å². The summed E-state index contributed by atoms with van der Waals surface area (Å²) in [6, 6.07) is 0. The molecular weight excluding hydrogens is 116 g/mol. The van der Waals surface area contributed by atoms with E-state index in [2.05, 4.69) is 5.92 Å². The number of hydrogen-bond acceptors (Lipinski definition) is 2. The van der Waals surface area contributed by atoms with Gasteiger partial charge in [0.05, 0.1) is 0 Å². The molecule has 0 unspecified atom stereocenters. The molecule has 0 spiro atoms. The quantitative estimate of drug-likeness (QED) is 0.314. The lowest BCUT2D eigenvalue weighted by molar-refractivity contribution is 0.432. The van der Waals surface area contributed by atoms with Gasteiger partial charge in [0.2, 0.25) is 0 Å². The van der Waals surface area contributed by atoms with Gasteiger partial charge in [0, 0.05) is 6.08 Å².